The lowest BCUT2D eigenvalue weighted by Crippen LogP contribution is -2.25. The van der Waals surface area contributed by atoms with Gasteiger partial charge in [-0.15, -0.1) is 11.3 Å². The Bertz CT molecular complexity index is 517. The molecule has 0 spiro atoms. The third kappa shape index (κ3) is 1.57. The Morgan fingerprint density at radius 3 is 3.12 bits per heavy atom. The Labute approximate surface area is 103 Å². The van der Waals surface area contributed by atoms with Crippen LogP contribution in [0.15, 0.2) is 18.3 Å². The van der Waals surface area contributed by atoms with Crippen LogP contribution in [-0.4, -0.2) is 9.55 Å². The Hall–Kier alpha value is -0.840. The number of nitrogens with two attached hydrogens (primary N) is 1. The van der Waals surface area contributed by atoms with Gasteiger partial charge in [-0.1, -0.05) is 11.6 Å². The van der Waals surface area contributed by atoms with Gasteiger partial charge in [0, 0.05) is 11.9 Å². The summed E-state index contributed by atoms with van der Waals surface area (Å²) in [6, 6.07) is 3.90. The van der Waals surface area contributed by atoms with Crippen molar-refractivity contribution >= 4 is 22.9 Å². The molecule has 5 heteroatoms. The van der Waals surface area contributed by atoms with E-state index in [1.165, 1.54) is 5.69 Å². The summed E-state index contributed by atoms with van der Waals surface area (Å²) >= 11 is 7.49. The fourth-order valence-corrected chi connectivity index (χ4v) is 3.23. The average Bonchev–Trinajstić information content (AvgIpc) is 2.84. The van der Waals surface area contributed by atoms with Crippen LogP contribution >= 0.6 is 22.9 Å². The first-order valence-corrected chi connectivity index (χ1v) is 6.52. The summed E-state index contributed by atoms with van der Waals surface area (Å²) in [7, 11) is 0. The smallest absolute Gasteiger partial charge is 0.151 e. The summed E-state index contributed by atoms with van der Waals surface area (Å²) in [5, 5.41) is 0. The van der Waals surface area contributed by atoms with Gasteiger partial charge >= 0.3 is 0 Å². The van der Waals surface area contributed by atoms with Crippen molar-refractivity contribution in [3.05, 3.63) is 28.4 Å². The van der Waals surface area contributed by atoms with Crippen molar-refractivity contribution in [3.8, 4) is 10.7 Å². The van der Waals surface area contributed by atoms with Gasteiger partial charge in [0.15, 0.2) is 5.82 Å². The minimum Gasteiger partial charge on any atom is -0.312 e. The van der Waals surface area contributed by atoms with Crippen LogP contribution < -0.4 is 5.73 Å². The molecule has 1 aliphatic rings. The molecule has 0 bridgehead atoms. The predicted octanol–water partition coefficient (Wildman–Crippen LogP) is 3.06. The minimum absolute atomic E-state index is 0.0575. The molecule has 1 unspecified atom stereocenters. The lowest BCUT2D eigenvalue weighted by atomic mass is 10.1. The van der Waals surface area contributed by atoms with Crippen molar-refractivity contribution in [2.24, 2.45) is 5.73 Å². The van der Waals surface area contributed by atoms with Crippen LogP contribution in [0.3, 0.4) is 0 Å². The Kier molecular flexibility index (Phi) is 2.50. The second-order valence-electron chi connectivity index (χ2n) is 4.01. The molecule has 1 atom stereocenters. The zero-order chi connectivity index (χ0) is 11.1. The molecule has 2 aromatic rings. The number of fused-ring (bicyclic) bond motifs is 1. The van der Waals surface area contributed by atoms with Crippen molar-refractivity contribution in [1.82, 2.24) is 9.55 Å². The van der Waals surface area contributed by atoms with Crippen LogP contribution in [0.1, 0.15) is 24.7 Å². The van der Waals surface area contributed by atoms with Crippen molar-refractivity contribution in [3.63, 3.8) is 0 Å². The summed E-state index contributed by atoms with van der Waals surface area (Å²) < 4.78 is 2.93. The Morgan fingerprint density at radius 2 is 2.38 bits per heavy atom. The highest BCUT2D eigenvalue weighted by Crippen LogP contribution is 2.34. The number of nitrogens with zero attached hydrogens (tertiary/aromatic N) is 2. The van der Waals surface area contributed by atoms with Gasteiger partial charge < -0.3 is 10.3 Å². The maximum absolute atomic E-state index is 6.13. The van der Waals surface area contributed by atoms with Crippen LogP contribution in [0, 0.1) is 0 Å². The molecule has 0 aliphatic carbocycles. The fraction of sp³-hybridized carbons (Fsp3) is 0.364. The van der Waals surface area contributed by atoms with E-state index in [4.69, 9.17) is 17.3 Å². The number of hydrogen-bond donors (Lipinski definition) is 1. The van der Waals surface area contributed by atoms with E-state index in [1.54, 1.807) is 11.3 Å². The maximum atomic E-state index is 6.13. The molecule has 0 fully saturated rings. The first kappa shape index (κ1) is 10.3. The number of hydrogen-bond acceptors (Lipinski definition) is 3. The van der Waals surface area contributed by atoms with Gasteiger partial charge in [0.2, 0.25) is 0 Å². The van der Waals surface area contributed by atoms with Crippen LogP contribution in [0.25, 0.3) is 10.7 Å². The highest BCUT2D eigenvalue weighted by Gasteiger charge is 2.21. The standard InChI is InChI=1S/C11H12ClN3S/c12-9-5-4-8(16-9)11-14-6-7-2-1-3-10(13)15(7)11/h4-6,10H,1-3,13H2. The second-order valence-corrected chi connectivity index (χ2v) is 5.72. The number of thiophene rings is 1. The van der Waals surface area contributed by atoms with Crippen LogP contribution in [0.2, 0.25) is 4.34 Å². The number of imidazole rings is 1. The van der Waals surface area contributed by atoms with Crippen LogP contribution in [0.4, 0.5) is 0 Å². The zero-order valence-electron chi connectivity index (χ0n) is 8.69. The molecule has 0 radical (unpaired) electrons. The Morgan fingerprint density at radius 1 is 1.50 bits per heavy atom. The number of halogens is 1. The third-order valence-corrected chi connectivity index (χ3v) is 4.16. The van der Waals surface area contributed by atoms with E-state index in [1.807, 2.05) is 18.3 Å². The molecule has 0 aromatic carbocycles. The first-order valence-electron chi connectivity index (χ1n) is 5.33. The summed E-state index contributed by atoms with van der Waals surface area (Å²) in [6.45, 7) is 0. The largest absolute Gasteiger partial charge is 0.312 e. The van der Waals surface area contributed by atoms with E-state index in [2.05, 4.69) is 9.55 Å². The van der Waals surface area contributed by atoms with E-state index in [-0.39, 0.29) is 6.17 Å². The quantitative estimate of drug-likeness (QED) is 0.849. The summed E-state index contributed by atoms with van der Waals surface area (Å²) in [5.41, 5.74) is 7.36. The van der Waals surface area contributed by atoms with E-state index in [0.29, 0.717) is 0 Å². The fourth-order valence-electron chi connectivity index (χ4n) is 2.19. The van der Waals surface area contributed by atoms with Crippen LogP contribution in [-0.2, 0) is 6.42 Å². The Balaban J connectivity index is 2.12. The molecular weight excluding hydrogens is 242 g/mol. The molecular formula is C11H12ClN3S. The minimum atomic E-state index is 0.0575. The first-order chi connectivity index (χ1) is 7.75. The summed E-state index contributed by atoms with van der Waals surface area (Å²) in [4.78, 5) is 5.56. The molecule has 3 rings (SSSR count). The number of aryl methyl sites for hydroxylation is 1. The number of aromatic nitrogens is 2. The summed E-state index contributed by atoms with van der Waals surface area (Å²) in [5.74, 6) is 0.958. The summed E-state index contributed by atoms with van der Waals surface area (Å²) in [6.07, 6.45) is 5.23. The van der Waals surface area contributed by atoms with Gasteiger partial charge in [0.05, 0.1) is 15.4 Å². The van der Waals surface area contributed by atoms with Crippen molar-refractivity contribution in [2.45, 2.75) is 25.4 Å². The highest BCUT2D eigenvalue weighted by atomic mass is 35.5. The molecule has 0 saturated heterocycles. The molecule has 3 heterocycles. The van der Waals surface area contributed by atoms with Gasteiger partial charge in [0.25, 0.3) is 0 Å². The lowest BCUT2D eigenvalue weighted by molar-refractivity contribution is 0.418. The maximum Gasteiger partial charge on any atom is 0.151 e. The monoisotopic (exact) mass is 253 g/mol. The lowest BCUT2D eigenvalue weighted by Gasteiger charge is -2.23. The molecule has 2 N–H and O–H groups in total. The van der Waals surface area contributed by atoms with E-state index < -0.39 is 0 Å². The molecule has 16 heavy (non-hydrogen) atoms. The van der Waals surface area contributed by atoms with E-state index in [9.17, 15) is 0 Å². The third-order valence-electron chi connectivity index (χ3n) is 2.93. The van der Waals surface area contributed by atoms with Crippen LogP contribution in [0.5, 0.6) is 0 Å². The van der Waals surface area contributed by atoms with Gasteiger partial charge in [-0.3, -0.25) is 0 Å². The SMILES string of the molecule is NC1CCCc2cnc(-c3ccc(Cl)s3)n21. The molecule has 0 saturated carbocycles. The van der Waals surface area contributed by atoms with Crippen molar-refractivity contribution < 1.29 is 0 Å². The molecule has 84 valence electrons. The zero-order valence-corrected chi connectivity index (χ0v) is 10.3. The normalized spacial score (nSPS) is 19.8. The second kappa shape index (κ2) is 3.87. The molecule has 0 amide bonds. The molecule has 2 aromatic heterocycles. The highest BCUT2D eigenvalue weighted by molar-refractivity contribution is 7.19. The molecule has 3 nitrogen and oxygen atoms in total. The van der Waals surface area contributed by atoms with Crippen molar-refractivity contribution in [1.29, 1.82) is 0 Å². The molecule has 1 aliphatic heterocycles. The van der Waals surface area contributed by atoms with Gasteiger partial charge in [-0.05, 0) is 31.4 Å². The average molecular weight is 254 g/mol. The van der Waals surface area contributed by atoms with Gasteiger partial charge in [-0.2, -0.15) is 0 Å². The van der Waals surface area contributed by atoms with E-state index in [0.717, 1.165) is 34.3 Å². The van der Waals surface area contributed by atoms with E-state index >= 15 is 0 Å². The predicted molar refractivity (Wildman–Crippen MR) is 66.7 cm³/mol. The topological polar surface area (TPSA) is 43.8 Å². The van der Waals surface area contributed by atoms with Gasteiger partial charge in [-0.25, -0.2) is 4.98 Å². The van der Waals surface area contributed by atoms with Crippen molar-refractivity contribution in [2.75, 3.05) is 0 Å². The van der Waals surface area contributed by atoms with Gasteiger partial charge in [0.1, 0.15) is 0 Å². The number of rotatable bonds is 1.